The van der Waals surface area contributed by atoms with Gasteiger partial charge in [0.25, 0.3) is 11.6 Å². The molecule has 2 aromatic carbocycles. The van der Waals surface area contributed by atoms with Gasteiger partial charge in [0.2, 0.25) is 0 Å². The second-order valence-electron chi connectivity index (χ2n) is 7.01. The number of quaternary nitrogens is 1. The number of likely N-dealkylation sites (N-methyl/N-ethyl adjacent to an activating group) is 1. The lowest BCUT2D eigenvalue weighted by atomic mass is 10.1. The van der Waals surface area contributed by atoms with E-state index in [-0.39, 0.29) is 17.3 Å². The molecule has 9 nitrogen and oxygen atoms in total. The van der Waals surface area contributed by atoms with E-state index in [1.54, 1.807) is 21.1 Å². The molecule has 162 valence electrons. The molecule has 2 rings (SSSR count). The minimum Gasteiger partial charge on any atom is -0.495 e. The molecule has 9 heteroatoms. The zero-order valence-corrected chi connectivity index (χ0v) is 18.1. The summed E-state index contributed by atoms with van der Waals surface area (Å²) in [4.78, 5) is 24.3. The smallest absolute Gasteiger partial charge is 0.282 e. The van der Waals surface area contributed by atoms with Gasteiger partial charge in [0, 0.05) is 17.7 Å². The number of rotatable bonds is 9. The van der Waals surface area contributed by atoms with Crippen molar-refractivity contribution in [2.75, 3.05) is 33.7 Å². The maximum Gasteiger partial charge on any atom is 0.282 e. The first-order chi connectivity index (χ1) is 14.2. The summed E-state index contributed by atoms with van der Waals surface area (Å²) in [5, 5.41) is 13.8. The molecule has 30 heavy (non-hydrogen) atoms. The Labute approximate surface area is 175 Å². The molecule has 2 aromatic rings. The number of hydrogen-bond acceptors (Lipinski definition) is 6. The van der Waals surface area contributed by atoms with Crippen LogP contribution in [0.3, 0.4) is 0 Å². The topological polar surface area (TPSA) is 104 Å². The van der Waals surface area contributed by atoms with E-state index >= 15 is 0 Å². The fourth-order valence-electron chi connectivity index (χ4n) is 3.04. The number of nitrogens with one attached hydrogen (secondary N) is 2. The van der Waals surface area contributed by atoms with Crippen molar-refractivity contribution in [1.82, 2.24) is 0 Å². The van der Waals surface area contributed by atoms with Crippen LogP contribution in [0.25, 0.3) is 0 Å². The second-order valence-corrected chi connectivity index (χ2v) is 7.01. The molecular weight excluding hydrogens is 390 g/mol. The summed E-state index contributed by atoms with van der Waals surface area (Å²) >= 11 is 0. The van der Waals surface area contributed by atoms with Crippen molar-refractivity contribution in [2.45, 2.75) is 26.4 Å². The Balaban J connectivity index is 2.17. The highest BCUT2D eigenvalue weighted by Gasteiger charge is 2.25. The number of carbonyl (C=O) groups is 1. The largest absolute Gasteiger partial charge is 0.495 e. The highest BCUT2D eigenvalue weighted by Crippen LogP contribution is 2.30. The summed E-state index contributed by atoms with van der Waals surface area (Å²) in [6.07, 6.45) is 0. The van der Waals surface area contributed by atoms with E-state index in [1.165, 1.54) is 25.3 Å². The van der Waals surface area contributed by atoms with Gasteiger partial charge in [0.05, 0.1) is 39.0 Å². The number of non-ortho nitro benzene ring substituents is 1. The van der Waals surface area contributed by atoms with Gasteiger partial charge in [0.15, 0.2) is 17.5 Å². The van der Waals surface area contributed by atoms with E-state index in [4.69, 9.17) is 14.2 Å². The standard InChI is InChI=1S/C21H27N3O6/c1-13-9-19(29-5)20(30-6)10-15(13)12-23(3)14(2)21(25)22-17-11-16(24(26)27)7-8-18(17)28-4/h7-11,14H,12H2,1-6H3,(H,22,25)/p+1/t14-/m0/s1. The quantitative estimate of drug-likeness (QED) is 0.477. The van der Waals surface area contributed by atoms with Crippen LogP contribution >= 0.6 is 0 Å². The van der Waals surface area contributed by atoms with E-state index < -0.39 is 11.0 Å². The van der Waals surface area contributed by atoms with Crippen molar-refractivity contribution < 1.29 is 28.8 Å². The maximum absolute atomic E-state index is 12.8. The van der Waals surface area contributed by atoms with E-state index in [9.17, 15) is 14.9 Å². The van der Waals surface area contributed by atoms with Crippen LogP contribution in [0.1, 0.15) is 18.1 Å². The Morgan fingerprint density at radius 2 is 1.70 bits per heavy atom. The van der Waals surface area contributed by atoms with Crippen LogP contribution in [-0.2, 0) is 11.3 Å². The molecular formula is C21H28N3O6+. The van der Waals surface area contributed by atoms with Crippen LogP contribution in [-0.4, -0.2) is 45.2 Å². The van der Waals surface area contributed by atoms with Gasteiger partial charge in [-0.1, -0.05) is 0 Å². The molecule has 0 aliphatic heterocycles. The van der Waals surface area contributed by atoms with Gasteiger partial charge in [-0.2, -0.15) is 0 Å². The van der Waals surface area contributed by atoms with Crippen molar-refractivity contribution >= 4 is 17.3 Å². The minimum absolute atomic E-state index is 0.125. The number of nitro benzene ring substituents is 1. The number of benzene rings is 2. The average molecular weight is 418 g/mol. The van der Waals surface area contributed by atoms with Crippen LogP contribution in [0.2, 0.25) is 0 Å². The van der Waals surface area contributed by atoms with Crippen LogP contribution in [0.5, 0.6) is 17.2 Å². The minimum atomic E-state index is -0.518. The summed E-state index contributed by atoms with van der Waals surface area (Å²) in [5.41, 5.74) is 2.19. The molecule has 0 aliphatic rings. The predicted molar refractivity (Wildman–Crippen MR) is 113 cm³/mol. The second kappa shape index (κ2) is 9.93. The first-order valence-corrected chi connectivity index (χ1v) is 9.38. The summed E-state index contributed by atoms with van der Waals surface area (Å²) in [5.74, 6) is 1.36. The van der Waals surface area contributed by atoms with Crippen molar-refractivity contribution in [3.05, 3.63) is 51.6 Å². The Morgan fingerprint density at radius 1 is 1.10 bits per heavy atom. The van der Waals surface area contributed by atoms with Gasteiger partial charge in [-0.05, 0) is 37.6 Å². The van der Waals surface area contributed by atoms with Crippen molar-refractivity contribution in [3.63, 3.8) is 0 Å². The Kier molecular flexibility index (Phi) is 7.60. The molecule has 0 aromatic heterocycles. The van der Waals surface area contributed by atoms with Crippen molar-refractivity contribution in [1.29, 1.82) is 0 Å². The highest BCUT2D eigenvalue weighted by molar-refractivity contribution is 5.95. The first kappa shape index (κ1) is 23.0. The number of nitro groups is 1. The molecule has 0 saturated carbocycles. The molecule has 0 aliphatic carbocycles. The number of aryl methyl sites for hydroxylation is 1. The van der Waals surface area contributed by atoms with Crippen LogP contribution < -0.4 is 24.4 Å². The fourth-order valence-corrected chi connectivity index (χ4v) is 3.04. The van der Waals surface area contributed by atoms with E-state index in [2.05, 4.69) is 5.32 Å². The lowest BCUT2D eigenvalue weighted by molar-refractivity contribution is -0.907. The van der Waals surface area contributed by atoms with Crippen LogP contribution in [0.15, 0.2) is 30.3 Å². The lowest BCUT2D eigenvalue weighted by Crippen LogP contribution is -3.12. The molecule has 2 atom stereocenters. The number of nitrogens with zero attached hydrogens (tertiary/aromatic N) is 1. The molecule has 0 fully saturated rings. The Morgan fingerprint density at radius 3 is 2.27 bits per heavy atom. The van der Waals surface area contributed by atoms with Gasteiger partial charge in [0.1, 0.15) is 12.3 Å². The van der Waals surface area contributed by atoms with Crippen LogP contribution in [0.4, 0.5) is 11.4 Å². The zero-order chi connectivity index (χ0) is 22.4. The molecule has 2 N–H and O–H groups in total. The summed E-state index contributed by atoms with van der Waals surface area (Å²) < 4.78 is 15.9. The number of anilines is 1. The SMILES string of the molecule is COc1ccc([N+](=O)[O-])cc1NC(=O)[C@H](C)[NH+](C)Cc1cc(OC)c(OC)cc1C. The first-order valence-electron chi connectivity index (χ1n) is 9.38. The summed E-state index contributed by atoms with van der Waals surface area (Å²) in [6, 6.07) is 7.46. The van der Waals surface area contributed by atoms with Gasteiger partial charge in [-0.3, -0.25) is 14.9 Å². The van der Waals surface area contributed by atoms with E-state index in [0.29, 0.717) is 23.8 Å². The molecule has 1 amide bonds. The van der Waals surface area contributed by atoms with E-state index in [0.717, 1.165) is 16.0 Å². The third kappa shape index (κ3) is 5.18. The van der Waals surface area contributed by atoms with E-state index in [1.807, 2.05) is 26.1 Å². The lowest BCUT2D eigenvalue weighted by Gasteiger charge is -2.23. The monoisotopic (exact) mass is 418 g/mol. The Bertz CT molecular complexity index is 931. The van der Waals surface area contributed by atoms with Gasteiger partial charge >= 0.3 is 0 Å². The fraction of sp³-hybridized carbons (Fsp3) is 0.381. The molecule has 1 unspecified atom stereocenters. The van der Waals surface area contributed by atoms with Gasteiger partial charge in [-0.15, -0.1) is 0 Å². The zero-order valence-electron chi connectivity index (χ0n) is 18.1. The number of amides is 1. The molecule has 0 heterocycles. The normalized spacial score (nSPS) is 12.6. The maximum atomic E-state index is 12.8. The average Bonchev–Trinajstić information content (AvgIpc) is 2.73. The predicted octanol–water partition coefficient (Wildman–Crippen LogP) is 1.97. The van der Waals surface area contributed by atoms with Gasteiger partial charge < -0.3 is 24.4 Å². The molecule has 0 saturated heterocycles. The van der Waals surface area contributed by atoms with Crippen molar-refractivity contribution in [2.24, 2.45) is 0 Å². The molecule has 0 bridgehead atoms. The molecule has 0 spiro atoms. The third-order valence-corrected chi connectivity index (χ3v) is 5.10. The van der Waals surface area contributed by atoms with Crippen molar-refractivity contribution in [3.8, 4) is 17.2 Å². The summed E-state index contributed by atoms with van der Waals surface area (Å²) in [6.45, 7) is 4.35. The number of methoxy groups -OCH3 is 3. The summed E-state index contributed by atoms with van der Waals surface area (Å²) in [7, 11) is 6.52. The number of hydrogen-bond donors (Lipinski definition) is 2. The number of carbonyl (C=O) groups excluding carboxylic acids is 1. The highest BCUT2D eigenvalue weighted by atomic mass is 16.6. The van der Waals surface area contributed by atoms with Gasteiger partial charge in [-0.25, -0.2) is 0 Å². The third-order valence-electron chi connectivity index (χ3n) is 5.10. The number of ether oxygens (including phenoxy) is 3. The Hall–Kier alpha value is -3.33. The van der Waals surface area contributed by atoms with Crippen LogP contribution in [0, 0.1) is 17.0 Å². The molecule has 0 radical (unpaired) electrons.